The zero-order valence-electron chi connectivity index (χ0n) is 14.8. The third-order valence-corrected chi connectivity index (χ3v) is 4.35. The van der Waals surface area contributed by atoms with Crippen molar-refractivity contribution in [3.05, 3.63) is 52.3 Å². The minimum atomic E-state index is -0.322. The van der Waals surface area contributed by atoms with Crippen LogP contribution < -0.4 is 4.90 Å². The van der Waals surface area contributed by atoms with Gasteiger partial charge < -0.3 is 9.80 Å². The molecule has 0 fully saturated rings. The molecule has 0 aliphatic heterocycles. The van der Waals surface area contributed by atoms with Crippen molar-refractivity contribution in [3.63, 3.8) is 0 Å². The lowest BCUT2D eigenvalue weighted by Gasteiger charge is -2.24. The molecular formula is C19H23ClFN3. The summed E-state index contributed by atoms with van der Waals surface area (Å²) in [5.41, 5.74) is 4.19. The van der Waals surface area contributed by atoms with E-state index < -0.39 is 0 Å². The first-order chi connectivity index (χ1) is 11.3. The predicted octanol–water partition coefficient (Wildman–Crippen LogP) is 5.48. The van der Waals surface area contributed by atoms with Gasteiger partial charge >= 0.3 is 0 Å². The van der Waals surface area contributed by atoms with E-state index in [1.807, 2.05) is 62.9 Å². The second-order valence-electron chi connectivity index (χ2n) is 5.90. The van der Waals surface area contributed by atoms with Gasteiger partial charge in [-0.2, -0.15) is 0 Å². The molecular weight excluding hydrogens is 325 g/mol. The van der Waals surface area contributed by atoms with Crippen LogP contribution in [0.25, 0.3) is 0 Å². The molecule has 2 aromatic carbocycles. The molecule has 3 nitrogen and oxygen atoms in total. The van der Waals surface area contributed by atoms with Crippen LogP contribution in [-0.4, -0.2) is 31.9 Å². The molecule has 0 N–H and O–H groups in total. The molecule has 128 valence electrons. The van der Waals surface area contributed by atoms with Crippen LogP contribution in [0.2, 0.25) is 5.02 Å². The Labute approximate surface area is 148 Å². The van der Waals surface area contributed by atoms with Crippen molar-refractivity contribution in [2.45, 2.75) is 20.8 Å². The Morgan fingerprint density at radius 1 is 1.12 bits per heavy atom. The van der Waals surface area contributed by atoms with Crippen LogP contribution in [0.3, 0.4) is 0 Å². The molecule has 0 atom stereocenters. The van der Waals surface area contributed by atoms with Crippen molar-refractivity contribution in [2.24, 2.45) is 4.99 Å². The van der Waals surface area contributed by atoms with E-state index in [2.05, 4.69) is 4.99 Å². The Balaban J connectivity index is 2.48. The summed E-state index contributed by atoms with van der Waals surface area (Å²) in [5, 5.41) is 0.627. The van der Waals surface area contributed by atoms with Crippen LogP contribution in [-0.2, 0) is 0 Å². The van der Waals surface area contributed by atoms with Gasteiger partial charge in [-0.25, -0.2) is 9.38 Å². The second kappa shape index (κ2) is 7.67. The number of aryl methyl sites for hydroxylation is 1. The molecule has 0 radical (unpaired) electrons. The van der Waals surface area contributed by atoms with E-state index in [0.29, 0.717) is 10.7 Å². The molecule has 0 heterocycles. The summed E-state index contributed by atoms with van der Waals surface area (Å²) >= 11 is 6.32. The summed E-state index contributed by atoms with van der Waals surface area (Å²) in [6, 6.07) is 8.75. The third-order valence-electron chi connectivity index (χ3n) is 4.03. The van der Waals surface area contributed by atoms with Crippen molar-refractivity contribution >= 4 is 35.0 Å². The highest BCUT2D eigenvalue weighted by molar-refractivity contribution is 6.33. The smallest absolute Gasteiger partial charge is 0.127 e. The molecule has 0 saturated carbocycles. The van der Waals surface area contributed by atoms with Gasteiger partial charge in [0.1, 0.15) is 5.82 Å². The highest BCUT2D eigenvalue weighted by Crippen LogP contribution is 2.36. The van der Waals surface area contributed by atoms with Crippen LogP contribution in [0.15, 0.2) is 35.3 Å². The van der Waals surface area contributed by atoms with Crippen LogP contribution in [0.1, 0.15) is 18.1 Å². The Kier molecular flexibility index (Phi) is 5.84. The van der Waals surface area contributed by atoms with E-state index in [4.69, 9.17) is 11.6 Å². The van der Waals surface area contributed by atoms with E-state index in [-0.39, 0.29) is 5.82 Å². The molecule has 0 aliphatic rings. The number of benzene rings is 2. The lowest BCUT2D eigenvalue weighted by molar-refractivity contribution is 0.552. The van der Waals surface area contributed by atoms with Crippen LogP contribution in [0, 0.1) is 19.7 Å². The Morgan fingerprint density at radius 2 is 1.83 bits per heavy atom. The molecule has 24 heavy (non-hydrogen) atoms. The molecule has 0 saturated heterocycles. The Bertz CT molecular complexity index is 759. The maximum atomic E-state index is 14.1. The fourth-order valence-corrected chi connectivity index (χ4v) is 2.63. The first-order valence-corrected chi connectivity index (χ1v) is 8.25. The first kappa shape index (κ1) is 18.3. The van der Waals surface area contributed by atoms with Gasteiger partial charge in [0, 0.05) is 26.3 Å². The van der Waals surface area contributed by atoms with Crippen molar-refractivity contribution in [1.29, 1.82) is 0 Å². The van der Waals surface area contributed by atoms with Crippen molar-refractivity contribution < 1.29 is 4.39 Å². The zero-order valence-corrected chi connectivity index (χ0v) is 15.5. The minimum Gasteiger partial charge on any atom is -0.366 e. The average Bonchev–Trinajstić information content (AvgIpc) is 2.56. The first-order valence-electron chi connectivity index (χ1n) is 7.88. The zero-order chi connectivity index (χ0) is 17.9. The molecule has 0 spiro atoms. The fourth-order valence-electron chi connectivity index (χ4n) is 2.38. The van der Waals surface area contributed by atoms with Gasteiger partial charge in [-0.1, -0.05) is 17.7 Å². The van der Waals surface area contributed by atoms with Crippen LogP contribution >= 0.6 is 11.6 Å². The van der Waals surface area contributed by atoms with Gasteiger partial charge in [0.25, 0.3) is 0 Å². The Hall–Kier alpha value is -2.07. The molecule has 0 unspecified atom stereocenters. The largest absolute Gasteiger partial charge is 0.366 e. The summed E-state index contributed by atoms with van der Waals surface area (Å²) in [6.45, 7) is 6.81. The molecule has 0 amide bonds. The van der Waals surface area contributed by atoms with Gasteiger partial charge in [0.05, 0.1) is 22.7 Å². The number of halogens is 2. The molecule has 0 aliphatic carbocycles. The highest BCUT2D eigenvalue weighted by atomic mass is 35.5. The second-order valence-corrected chi connectivity index (χ2v) is 6.31. The molecule has 0 aromatic heterocycles. The summed E-state index contributed by atoms with van der Waals surface area (Å²) in [4.78, 5) is 8.25. The van der Waals surface area contributed by atoms with Crippen LogP contribution in [0.5, 0.6) is 0 Å². The third kappa shape index (κ3) is 4.06. The summed E-state index contributed by atoms with van der Waals surface area (Å²) in [7, 11) is 3.81. The highest BCUT2D eigenvalue weighted by Gasteiger charge is 2.14. The van der Waals surface area contributed by atoms with E-state index in [1.54, 1.807) is 6.34 Å². The number of rotatable bonds is 5. The quantitative estimate of drug-likeness (QED) is 0.527. The van der Waals surface area contributed by atoms with Crippen molar-refractivity contribution in [1.82, 2.24) is 4.90 Å². The lowest BCUT2D eigenvalue weighted by atomic mass is 10.1. The number of nitrogens with zero attached hydrogens (tertiary/aromatic N) is 3. The number of hydrogen-bond donors (Lipinski definition) is 0. The van der Waals surface area contributed by atoms with E-state index in [9.17, 15) is 4.39 Å². The normalized spacial score (nSPS) is 11.1. The van der Waals surface area contributed by atoms with Gasteiger partial charge in [0.2, 0.25) is 0 Å². The maximum Gasteiger partial charge on any atom is 0.127 e. The molecule has 2 rings (SSSR count). The SMILES string of the molecule is CCN(C)/C=N\c1cc(F)cc(N(C)c2cc(C)ccc2Cl)c1C. The standard InChI is InChI=1S/C19H23ClFN3/c1-6-23(4)12-22-17-10-15(21)11-18(14(17)3)24(5)19-9-13(2)7-8-16(19)20/h7-12H,6H2,1-5H3/b22-12-. The molecule has 5 heteroatoms. The monoisotopic (exact) mass is 347 g/mol. The van der Waals surface area contributed by atoms with Gasteiger partial charge in [-0.05, 0) is 56.2 Å². The van der Waals surface area contributed by atoms with Gasteiger partial charge in [0.15, 0.2) is 0 Å². The molecule has 0 bridgehead atoms. The van der Waals surface area contributed by atoms with Gasteiger partial charge in [-0.3, -0.25) is 0 Å². The van der Waals surface area contributed by atoms with E-state index >= 15 is 0 Å². The lowest BCUT2D eigenvalue weighted by Crippen LogP contribution is -2.14. The average molecular weight is 348 g/mol. The summed E-state index contributed by atoms with van der Waals surface area (Å²) in [5.74, 6) is -0.322. The molecule has 2 aromatic rings. The number of anilines is 2. The summed E-state index contributed by atoms with van der Waals surface area (Å²) < 4.78 is 14.1. The van der Waals surface area contributed by atoms with Crippen molar-refractivity contribution in [3.8, 4) is 0 Å². The van der Waals surface area contributed by atoms with Crippen LogP contribution in [0.4, 0.5) is 21.5 Å². The number of aliphatic imine (C=N–C) groups is 1. The summed E-state index contributed by atoms with van der Waals surface area (Å²) in [6.07, 6.45) is 1.71. The fraction of sp³-hybridized carbons (Fsp3) is 0.316. The van der Waals surface area contributed by atoms with Crippen molar-refractivity contribution in [2.75, 3.05) is 25.5 Å². The number of hydrogen-bond acceptors (Lipinski definition) is 2. The van der Waals surface area contributed by atoms with E-state index in [1.165, 1.54) is 12.1 Å². The van der Waals surface area contributed by atoms with E-state index in [0.717, 1.165) is 29.0 Å². The Morgan fingerprint density at radius 3 is 2.50 bits per heavy atom. The maximum absolute atomic E-state index is 14.1. The minimum absolute atomic E-state index is 0.322. The van der Waals surface area contributed by atoms with Gasteiger partial charge in [-0.15, -0.1) is 0 Å². The topological polar surface area (TPSA) is 18.8 Å². The predicted molar refractivity (Wildman–Crippen MR) is 102 cm³/mol.